The second-order valence-electron chi connectivity index (χ2n) is 16.8. The molecule has 63 heavy (non-hydrogen) atoms. The first-order valence-corrected chi connectivity index (χ1v) is 22.6. The van der Waals surface area contributed by atoms with E-state index in [-0.39, 0.29) is 56.0 Å². The van der Waals surface area contributed by atoms with Crippen molar-refractivity contribution in [3.05, 3.63) is 87.6 Å². The highest BCUT2D eigenvalue weighted by atomic mass is 79.9. The minimum absolute atomic E-state index is 0.0153. The molecule has 2 aliphatic rings. The highest BCUT2D eigenvalue weighted by Crippen LogP contribution is 2.32. The lowest BCUT2D eigenvalue weighted by atomic mass is 9.85. The summed E-state index contributed by atoms with van der Waals surface area (Å²) in [5.41, 5.74) is 0.826. The number of aromatic nitrogens is 2. The minimum atomic E-state index is -3.84. The zero-order chi connectivity index (χ0) is 45.5. The van der Waals surface area contributed by atoms with Crippen LogP contribution in [0.4, 0.5) is 20.3 Å². The predicted molar refractivity (Wildman–Crippen MR) is 240 cm³/mol. The summed E-state index contributed by atoms with van der Waals surface area (Å²) >= 11 is 9.91. The number of hydrogen-bond acceptors (Lipinski definition) is 11. The molecule has 2 aromatic carbocycles. The molecule has 4 N–H and O–H groups in total. The number of likely N-dealkylation sites (tertiary alicyclic amines) is 1. The Morgan fingerprint density at radius 1 is 1.05 bits per heavy atom. The number of nitrogens with one attached hydrogen (secondary N) is 3. The van der Waals surface area contributed by atoms with Crippen molar-refractivity contribution >= 4 is 74.0 Å². The van der Waals surface area contributed by atoms with Crippen LogP contribution in [0.25, 0.3) is 10.4 Å². The number of carbonyl (C=O) groups is 4. The van der Waals surface area contributed by atoms with E-state index in [1.165, 1.54) is 35.4 Å². The number of amides is 4. The number of halogens is 4. The fourth-order valence-corrected chi connectivity index (χ4v) is 8.97. The van der Waals surface area contributed by atoms with Crippen molar-refractivity contribution in [2.24, 2.45) is 11.3 Å². The highest BCUT2D eigenvalue weighted by Gasteiger charge is 2.44. The van der Waals surface area contributed by atoms with Gasteiger partial charge < -0.3 is 40.3 Å². The number of hydrogen-bond donors (Lipinski definition) is 4. The Balaban J connectivity index is 0.923. The van der Waals surface area contributed by atoms with Gasteiger partial charge in [-0.1, -0.05) is 45.0 Å². The largest absolute Gasteiger partial charge is 0.487 e. The van der Waals surface area contributed by atoms with Gasteiger partial charge in [-0.3, -0.25) is 19.2 Å². The fourth-order valence-electron chi connectivity index (χ4n) is 7.47. The number of ether oxygens (including phenoxy) is 2. The number of piperidine rings is 1. The quantitative estimate of drug-likeness (QED) is 0.0668. The fraction of sp³-hybridized carbons (Fsp3) is 0.455. The van der Waals surface area contributed by atoms with Crippen LogP contribution in [0.15, 0.2) is 70.8 Å². The van der Waals surface area contributed by atoms with Crippen LogP contribution >= 0.6 is 38.9 Å². The van der Waals surface area contributed by atoms with Gasteiger partial charge in [0, 0.05) is 69.1 Å². The lowest BCUT2D eigenvalue weighted by Crippen LogP contribution is -2.57. The Kier molecular flexibility index (Phi) is 15.8. The van der Waals surface area contributed by atoms with Crippen LogP contribution in [0.5, 0.6) is 5.75 Å². The summed E-state index contributed by atoms with van der Waals surface area (Å²) in [6, 6.07) is 13.0. The van der Waals surface area contributed by atoms with Crippen LogP contribution in [-0.4, -0.2) is 100 Å². The zero-order valence-electron chi connectivity index (χ0n) is 35.3. The Bertz CT molecular complexity index is 2230. The van der Waals surface area contributed by atoms with Crippen molar-refractivity contribution in [2.45, 2.75) is 83.7 Å². The average Bonchev–Trinajstić information content (AvgIpc) is 3.85. The lowest BCUT2D eigenvalue weighted by molar-refractivity contribution is -0.144. The molecule has 0 spiro atoms. The smallest absolute Gasteiger partial charge is 0.420 e. The van der Waals surface area contributed by atoms with Crippen LogP contribution < -0.4 is 25.6 Å². The number of β-amino-alcohol motifs (C(OH)–C–C–N with tert-alkyl or cyclic N) is 1. The normalized spacial score (nSPS) is 17.6. The van der Waals surface area contributed by atoms with E-state index in [0.717, 1.165) is 34.5 Å². The number of aryl methyl sites for hydroxylation is 1. The first kappa shape index (κ1) is 47.7. The maximum Gasteiger partial charge on any atom is 0.487 e. The van der Waals surface area contributed by atoms with Crippen molar-refractivity contribution in [1.29, 1.82) is 0 Å². The summed E-state index contributed by atoms with van der Waals surface area (Å²) in [6.45, 7) is 9.73. The summed E-state index contributed by atoms with van der Waals surface area (Å²) in [6.07, 6.45) is 2.35. The minimum Gasteiger partial charge on any atom is -0.420 e. The number of aliphatic hydroxyl groups is 1. The summed E-state index contributed by atoms with van der Waals surface area (Å²) in [5.74, 6) is -0.809. The third kappa shape index (κ3) is 13.2. The zero-order valence-corrected chi connectivity index (χ0v) is 38.5. The van der Waals surface area contributed by atoms with Crippen LogP contribution in [-0.2, 0) is 25.7 Å². The van der Waals surface area contributed by atoms with Gasteiger partial charge in [0.25, 0.3) is 5.91 Å². The molecule has 4 aromatic rings. The van der Waals surface area contributed by atoms with Gasteiger partial charge in [0.15, 0.2) is 0 Å². The van der Waals surface area contributed by atoms with E-state index in [0.29, 0.717) is 41.2 Å². The summed E-state index contributed by atoms with van der Waals surface area (Å²) < 4.78 is 36.6. The molecular formula is C44H51BrClF2N7O7S. The number of nitrogens with zero attached hydrogens (tertiary/aromatic N) is 4. The number of aliphatic hydroxyl groups excluding tert-OH is 1. The maximum absolute atomic E-state index is 14.0. The topological polar surface area (TPSA) is 175 Å². The second-order valence-corrected chi connectivity index (χ2v) is 18.9. The van der Waals surface area contributed by atoms with E-state index >= 15 is 0 Å². The molecule has 2 fully saturated rings. The van der Waals surface area contributed by atoms with Crippen LogP contribution in [0.1, 0.15) is 68.1 Å². The molecule has 0 aliphatic carbocycles. The molecule has 2 aliphatic heterocycles. The van der Waals surface area contributed by atoms with Gasteiger partial charge in [0.05, 0.1) is 38.8 Å². The first-order chi connectivity index (χ1) is 29.8. The molecule has 0 saturated carbocycles. The van der Waals surface area contributed by atoms with Crippen LogP contribution in [0.3, 0.4) is 0 Å². The predicted octanol–water partition coefficient (Wildman–Crippen LogP) is 7.13. The van der Waals surface area contributed by atoms with Gasteiger partial charge in [-0.2, -0.15) is 0 Å². The Labute approximate surface area is 382 Å². The molecule has 2 aromatic heterocycles. The van der Waals surface area contributed by atoms with Crippen molar-refractivity contribution < 1.29 is 42.5 Å². The summed E-state index contributed by atoms with van der Waals surface area (Å²) in [5, 5.41) is 19.1. The Hall–Kier alpha value is -4.75. The van der Waals surface area contributed by atoms with Gasteiger partial charge in [-0.05, 0) is 88.5 Å². The standard InChI is InChI=1S/C44H51BrClF2N7O7S/c1-26-37(63-25-51-26)29-7-5-27(6-8-29)21-50-41(59)35-20-32(56)23-55(35)42(60)38(43(2,3)4)53-36(57)15-18-61-24-28-13-16-54(17-14-28)39-34(45)19-30(22-49-39)40(58)52-31-9-11-33(12-10-31)62-44(46,47)48/h5-12,19,22,25,28,32,35,38,56H,13-18,20-21,23-24H2,1-4H3,(H,50,59)(H,52,58)(H,53,57)/t32-,35+,38?/m1/s1. The number of benzene rings is 2. The summed E-state index contributed by atoms with van der Waals surface area (Å²) in [7, 11) is 0. The molecule has 2 saturated heterocycles. The van der Waals surface area contributed by atoms with Gasteiger partial charge in [-0.25, -0.2) is 9.97 Å². The monoisotopic (exact) mass is 973 g/mol. The van der Waals surface area contributed by atoms with Gasteiger partial charge in [-0.15, -0.1) is 20.1 Å². The number of rotatable bonds is 16. The third-order valence-electron chi connectivity index (χ3n) is 10.9. The van der Waals surface area contributed by atoms with E-state index in [9.17, 15) is 33.1 Å². The molecule has 1 unspecified atom stereocenters. The number of thiazole rings is 1. The van der Waals surface area contributed by atoms with E-state index in [1.807, 2.05) is 52.0 Å². The Morgan fingerprint density at radius 3 is 2.37 bits per heavy atom. The second kappa shape index (κ2) is 20.8. The molecule has 4 amide bonds. The molecule has 4 heterocycles. The van der Waals surface area contributed by atoms with Crippen LogP contribution in [0.2, 0.25) is 0 Å². The third-order valence-corrected chi connectivity index (χ3v) is 12.5. The van der Waals surface area contributed by atoms with E-state index in [2.05, 4.69) is 51.5 Å². The van der Waals surface area contributed by atoms with Gasteiger partial charge in [0.2, 0.25) is 17.7 Å². The molecule has 338 valence electrons. The maximum atomic E-state index is 14.0. The van der Waals surface area contributed by atoms with Crippen molar-refractivity contribution in [1.82, 2.24) is 25.5 Å². The molecule has 19 heteroatoms. The first-order valence-electron chi connectivity index (χ1n) is 20.5. The number of alkyl halides is 3. The number of anilines is 2. The van der Waals surface area contributed by atoms with Crippen molar-refractivity contribution in [3.8, 4) is 16.2 Å². The van der Waals surface area contributed by atoms with Crippen molar-refractivity contribution in [2.75, 3.05) is 43.1 Å². The van der Waals surface area contributed by atoms with Crippen molar-refractivity contribution in [3.63, 3.8) is 0 Å². The molecule has 3 atom stereocenters. The van der Waals surface area contributed by atoms with Gasteiger partial charge >= 0.3 is 5.57 Å². The summed E-state index contributed by atoms with van der Waals surface area (Å²) in [4.78, 5) is 66.9. The Morgan fingerprint density at radius 2 is 1.75 bits per heavy atom. The SMILES string of the molecule is Cc1ncsc1-c1ccc(CNC(=O)[C@@H]2C[C@@H](O)CN2C(=O)C(NC(=O)CCOCC2CCN(c3ncc(C(=O)Nc4ccc(OC(F)(F)Cl)cc4)cc3Br)CC2)C(C)(C)C)cc1. The van der Waals surface area contributed by atoms with E-state index < -0.39 is 41.0 Å². The van der Waals surface area contributed by atoms with Crippen LogP contribution in [0, 0.1) is 18.3 Å². The van der Waals surface area contributed by atoms with Gasteiger partial charge in [0.1, 0.15) is 23.7 Å². The van der Waals surface area contributed by atoms with E-state index in [4.69, 9.17) is 16.3 Å². The molecule has 14 nitrogen and oxygen atoms in total. The highest BCUT2D eigenvalue weighted by molar-refractivity contribution is 9.10. The number of carbonyl (C=O) groups excluding carboxylic acids is 4. The molecule has 0 bridgehead atoms. The lowest BCUT2D eigenvalue weighted by Gasteiger charge is -2.35. The molecular weight excluding hydrogens is 924 g/mol. The molecule has 0 radical (unpaired) electrons. The number of pyridine rings is 1. The van der Waals surface area contributed by atoms with E-state index in [1.54, 1.807) is 22.9 Å². The average molecular weight is 975 g/mol. The molecule has 6 rings (SSSR count).